The number of anilines is 2. The van der Waals surface area contributed by atoms with Crippen LogP contribution in [0.2, 0.25) is 0 Å². The minimum atomic E-state index is -1.22. The molecule has 0 spiro atoms. The number of rotatable bonds is 7. The highest BCUT2D eigenvalue weighted by molar-refractivity contribution is 8.00. The lowest BCUT2D eigenvalue weighted by Crippen LogP contribution is -2.31. The van der Waals surface area contributed by atoms with Crippen LogP contribution in [0.1, 0.15) is 6.42 Å². The summed E-state index contributed by atoms with van der Waals surface area (Å²) in [4.78, 5) is 49.3. The van der Waals surface area contributed by atoms with E-state index in [9.17, 15) is 19.2 Å². The molecule has 154 valence electrons. The standard InChI is InChI=1S/C21H18N2O6S/c1-29-15-7-5-14(6-8-15)23-19(25)12-17(21(23)28)30-16-4-2-3-13(11-16)22-18(24)9-10-20(26)27/h2-11,17H,12H2,1H3,(H,22,24)(H,26,27)/b10-9+. The summed E-state index contributed by atoms with van der Waals surface area (Å²) in [6, 6.07) is 13.4. The SMILES string of the molecule is COc1ccc(N2C(=O)CC(Sc3cccc(NC(=O)/C=C/C(=O)O)c3)C2=O)cc1. The van der Waals surface area contributed by atoms with E-state index in [1.807, 2.05) is 0 Å². The lowest BCUT2D eigenvalue weighted by Gasteiger charge is -2.15. The fourth-order valence-corrected chi connectivity index (χ4v) is 3.95. The number of ether oxygens (including phenoxy) is 1. The summed E-state index contributed by atoms with van der Waals surface area (Å²) >= 11 is 1.23. The van der Waals surface area contributed by atoms with Gasteiger partial charge in [0.1, 0.15) is 5.75 Å². The Hall–Kier alpha value is -3.59. The van der Waals surface area contributed by atoms with Gasteiger partial charge >= 0.3 is 5.97 Å². The number of carboxylic acids is 1. The number of carbonyl (C=O) groups is 4. The first-order chi connectivity index (χ1) is 14.4. The van der Waals surface area contributed by atoms with Crippen molar-refractivity contribution in [2.75, 3.05) is 17.3 Å². The Bertz CT molecular complexity index is 1020. The van der Waals surface area contributed by atoms with Crippen molar-refractivity contribution in [1.82, 2.24) is 0 Å². The molecule has 2 aromatic rings. The Morgan fingerprint density at radius 1 is 1.17 bits per heavy atom. The van der Waals surface area contributed by atoms with Gasteiger partial charge in [0.15, 0.2) is 0 Å². The highest BCUT2D eigenvalue weighted by Gasteiger charge is 2.40. The topological polar surface area (TPSA) is 113 Å². The minimum Gasteiger partial charge on any atom is -0.497 e. The van der Waals surface area contributed by atoms with Gasteiger partial charge in [-0.3, -0.25) is 14.4 Å². The van der Waals surface area contributed by atoms with E-state index in [1.54, 1.807) is 48.5 Å². The van der Waals surface area contributed by atoms with E-state index in [0.717, 1.165) is 12.2 Å². The first-order valence-electron chi connectivity index (χ1n) is 8.87. The first-order valence-corrected chi connectivity index (χ1v) is 9.75. The zero-order chi connectivity index (χ0) is 21.7. The molecule has 30 heavy (non-hydrogen) atoms. The third-order valence-corrected chi connectivity index (χ3v) is 5.37. The lowest BCUT2D eigenvalue weighted by atomic mass is 10.3. The Morgan fingerprint density at radius 2 is 1.90 bits per heavy atom. The first kappa shape index (κ1) is 21.1. The number of methoxy groups -OCH3 is 1. The van der Waals surface area contributed by atoms with E-state index in [1.165, 1.54) is 23.8 Å². The lowest BCUT2D eigenvalue weighted by molar-refractivity contribution is -0.131. The van der Waals surface area contributed by atoms with Gasteiger partial charge < -0.3 is 15.2 Å². The fraction of sp³-hybridized carbons (Fsp3) is 0.143. The summed E-state index contributed by atoms with van der Waals surface area (Å²) in [6.07, 6.45) is 1.71. The number of benzene rings is 2. The molecule has 3 amide bonds. The number of nitrogens with one attached hydrogen (secondary N) is 1. The molecule has 8 nitrogen and oxygen atoms in total. The van der Waals surface area contributed by atoms with E-state index in [4.69, 9.17) is 9.84 Å². The number of thioether (sulfide) groups is 1. The van der Waals surface area contributed by atoms with Crippen molar-refractivity contribution >= 4 is 46.8 Å². The van der Waals surface area contributed by atoms with Crippen LogP contribution in [0.3, 0.4) is 0 Å². The number of amides is 3. The van der Waals surface area contributed by atoms with E-state index < -0.39 is 17.1 Å². The number of hydrogen-bond donors (Lipinski definition) is 2. The molecule has 0 aromatic heterocycles. The molecule has 1 aliphatic rings. The van der Waals surface area contributed by atoms with Crippen molar-refractivity contribution in [3.05, 3.63) is 60.7 Å². The van der Waals surface area contributed by atoms with Crippen LogP contribution in [0.25, 0.3) is 0 Å². The average Bonchev–Trinajstić information content (AvgIpc) is 3.00. The molecule has 0 saturated carbocycles. The quantitative estimate of drug-likeness (QED) is 0.517. The number of hydrogen-bond acceptors (Lipinski definition) is 6. The maximum absolute atomic E-state index is 12.8. The van der Waals surface area contributed by atoms with Crippen LogP contribution in [-0.4, -0.2) is 41.2 Å². The predicted molar refractivity (Wildman–Crippen MR) is 112 cm³/mol. The van der Waals surface area contributed by atoms with Crippen LogP contribution in [0.15, 0.2) is 65.6 Å². The minimum absolute atomic E-state index is 0.0630. The molecule has 1 fully saturated rings. The van der Waals surface area contributed by atoms with Crippen LogP contribution < -0.4 is 15.0 Å². The van der Waals surface area contributed by atoms with Crippen LogP contribution in [0.4, 0.5) is 11.4 Å². The third kappa shape index (κ3) is 5.06. The molecule has 2 aromatic carbocycles. The van der Waals surface area contributed by atoms with Gasteiger partial charge in [0.25, 0.3) is 0 Å². The van der Waals surface area contributed by atoms with Crippen molar-refractivity contribution < 1.29 is 29.0 Å². The molecule has 1 saturated heterocycles. The van der Waals surface area contributed by atoms with Gasteiger partial charge in [0.05, 0.1) is 18.0 Å². The van der Waals surface area contributed by atoms with Gasteiger partial charge in [-0.2, -0.15) is 0 Å². The summed E-state index contributed by atoms with van der Waals surface area (Å²) in [5.74, 6) is -1.78. The van der Waals surface area contributed by atoms with Crippen molar-refractivity contribution in [1.29, 1.82) is 0 Å². The smallest absolute Gasteiger partial charge is 0.328 e. The van der Waals surface area contributed by atoms with Gasteiger partial charge in [-0.05, 0) is 42.5 Å². The predicted octanol–water partition coefficient (Wildman–Crippen LogP) is 2.70. The average molecular weight is 426 g/mol. The molecule has 0 radical (unpaired) electrons. The Morgan fingerprint density at radius 3 is 2.57 bits per heavy atom. The van der Waals surface area contributed by atoms with E-state index in [-0.39, 0.29) is 18.2 Å². The molecule has 1 heterocycles. The van der Waals surface area contributed by atoms with Crippen molar-refractivity contribution in [2.45, 2.75) is 16.6 Å². The third-order valence-electron chi connectivity index (χ3n) is 4.19. The molecule has 9 heteroatoms. The maximum Gasteiger partial charge on any atom is 0.328 e. The second-order valence-corrected chi connectivity index (χ2v) is 7.54. The Labute approximate surface area is 176 Å². The molecule has 0 bridgehead atoms. The summed E-state index contributed by atoms with van der Waals surface area (Å²) in [5, 5.41) is 10.5. The molecule has 1 atom stereocenters. The van der Waals surface area contributed by atoms with Gasteiger partial charge in [0, 0.05) is 29.2 Å². The number of nitrogens with zero attached hydrogens (tertiary/aromatic N) is 1. The highest BCUT2D eigenvalue weighted by Crippen LogP contribution is 2.35. The zero-order valence-electron chi connectivity index (χ0n) is 15.9. The normalized spacial score (nSPS) is 16.2. The van der Waals surface area contributed by atoms with Gasteiger partial charge in [-0.15, -0.1) is 11.8 Å². The van der Waals surface area contributed by atoms with Crippen molar-refractivity contribution in [2.24, 2.45) is 0 Å². The Balaban J connectivity index is 1.69. The van der Waals surface area contributed by atoms with E-state index >= 15 is 0 Å². The van der Waals surface area contributed by atoms with Crippen molar-refractivity contribution in [3.8, 4) is 5.75 Å². The second kappa shape index (κ2) is 9.27. The van der Waals surface area contributed by atoms with Gasteiger partial charge in [-0.25, -0.2) is 9.69 Å². The van der Waals surface area contributed by atoms with Crippen molar-refractivity contribution in [3.63, 3.8) is 0 Å². The maximum atomic E-state index is 12.8. The zero-order valence-corrected chi connectivity index (χ0v) is 16.7. The van der Waals surface area contributed by atoms with Crippen LogP contribution in [0, 0.1) is 0 Å². The Kier molecular flexibility index (Phi) is 6.53. The number of carboxylic acid groups (broad SMARTS) is 1. The number of imide groups is 1. The monoisotopic (exact) mass is 426 g/mol. The van der Waals surface area contributed by atoms with Crippen LogP contribution >= 0.6 is 11.8 Å². The van der Waals surface area contributed by atoms with E-state index in [0.29, 0.717) is 22.0 Å². The molecular formula is C21H18N2O6S. The van der Waals surface area contributed by atoms with E-state index in [2.05, 4.69) is 5.32 Å². The molecule has 0 aliphatic carbocycles. The summed E-state index contributed by atoms with van der Waals surface area (Å²) in [7, 11) is 1.53. The number of aliphatic carboxylic acids is 1. The molecule has 1 aliphatic heterocycles. The molecule has 3 rings (SSSR count). The van der Waals surface area contributed by atoms with Gasteiger partial charge in [-0.1, -0.05) is 6.07 Å². The van der Waals surface area contributed by atoms with Gasteiger partial charge in [0.2, 0.25) is 17.7 Å². The summed E-state index contributed by atoms with van der Waals surface area (Å²) in [6.45, 7) is 0. The second-order valence-electron chi connectivity index (χ2n) is 6.26. The van der Waals surface area contributed by atoms with Crippen LogP contribution in [-0.2, 0) is 19.2 Å². The largest absolute Gasteiger partial charge is 0.497 e. The molecule has 1 unspecified atom stereocenters. The summed E-state index contributed by atoms with van der Waals surface area (Å²) in [5.41, 5.74) is 0.934. The fourth-order valence-electron chi connectivity index (χ4n) is 2.84. The molecular weight excluding hydrogens is 408 g/mol. The molecule has 2 N–H and O–H groups in total. The van der Waals surface area contributed by atoms with Crippen LogP contribution in [0.5, 0.6) is 5.75 Å². The highest BCUT2D eigenvalue weighted by atomic mass is 32.2. The summed E-state index contributed by atoms with van der Waals surface area (Å²) < 4.78 is 5.10. The number of carbonyl (C=O) groups excluding carboxylic acids is 3.